The van der Waals surface area contributed by atoms with Gasteiger partial charge in [-0.1, -0.05) is 42.5 Å². The number of amides is 1. The number of carbonyl (C=O) groups is 1. The van der Waals surface area contributed by atoms with Crippen molar-refractivity contribution in [1.82, 2.24) is 14.9 Å². The number of nitrogens with zero attached hydrogens (tertiary/aromatic N) is 1. The minimum absolute atomic E-state index is 0.0681. The molecule has 1 saturated heterocycles. The summed E-state index contributed by atoms with van der Waals surface area (Å²) in [5.41, 5.74) is 2.64. The van der Waals surface area contributed by atoms with Gasteiger partial charge in [0.05, 0.1) is 4.90 Å². The van der Waals surface area contributed by atoms with Gasteiger partial charge in [0.25, 0.3) is 5.91 Å². The molecule has 3 aromatic rings. The number of halogens is 1. The summed E-state index contributed by atoms with van der Waals surface area (Å²) in [6.45, 7) is 2.03. The van der Waals surface area contributed by atoms with Crippen molar-refractivity contribution >= 4 is 44.5 Å². The second-order valence-corrected chi connectivity index (χ2v) is 11.3. The predicted octanol–water partition coefficient (Wildman–Crippen LogP) is 3.69. The summed E-state index contributed by atoms with van der Waals surface area (Å²) in [6, 6.07) is 22.1. The largest absolute Gasteiger partial charge is 0.338 e. The third-order valence-electron chi connectivity index (χ3n) is 6.00. The molecular formula is C25H25IN4O3S. The van der Waals surface area contributed by atoms with E-state index in [4.69, 9.17) is 5.41 Å². The Hall–Kier alpha value is -2.76. The molecule has 176 valence electrons. The van der Waals surface area contributed by atoms with Crippen LogP contribution in [0, 0.1) is 8.98 Å². The van der Waals surface area contributed by atoms with E-state index in [9.17, 15) is 13.2 Å². The van der Waals surface area contributed by atoms with Crippen LogP contribution >= 0.6 is 22.6 Å². The fourth-order valence-corrected chi connectivity index (χ4v) is 5.59. The van der Waals surface area contributed by atoms with Crippen LogP contribution in [-0.4, -0.2) is 38.8 Å². The van der Waals surface area contributed by atoms with Crippen molar-refractivity contribution in [1.29, 1.82) is 5.41 Å². The first-order valence-corrected chi connectivity index (χ1v) is 13.3. The standard InChI is InChI=1S/C25H25IN4O3S/c1-25(23(31)30(2)24(27)29-25)19-8-6-7-18(15-19)22-16-20(26)12-11-17(22)13-14-28-34(32,33)21-9-4-3-5-10-21/h3-12,15-16,28H,13-14H2,1-2H3,(H2,27,29). The van der Waals surface area contributed by atoms with Crippen molar-refractivity contribution in [2.45, 2.75) is 23.8 Å². The Morgan fingerprint density at radius 3 is 2.47 bits per heavy atom. The molecule has 1 amide bonds. The summed E-state index contributed by atoms with van der Waals surface area (Å²) >= 11 is 2.25. The average molecular weight is 588 g/mol. The third kappa shape index (κ3) is 4.73. The zero-order valence-corrected chi connectivity index (χ0v) is 21.8. The van der Waals surface area contributed by atoms with Gasteiger partial charge in [-0.15, -0.1) is 0 Å². The molecule has 0 aromatic heterocycles. The molecule has 3 N–H and O–H groups in total. The lowest BCUT2D eigenvalue weighted by Crippen LogP contribution is -2.40. The van der Waals surface area contributed by atoms with Gasteiger partial charge in [0.15, 0.2) is 5.96 Å². The van der Waals surface area contributed by atoms with E-state index in [-0.39, 0.29) is 23.3 Å². The number of rotatable bonds is 7. The van der Waals surface area contributed by atoms with Crippen LogP contribution < -0.4 is 10.0 Å². The Kier molecular flexibility index (Phi) is 6.79. The van der Waals surface area contributed by atoms with Gasteiger partial charge in [-0.2, -0.15) is 0 Å². The Balaban J connectivity index is 1.60. The molecule has 4 rings (SSSR count). The Labute approximate surface area is 213 Å². The third-order valence-corrected chi connectivity index (χ3v) is 8.15. The summed E-state index contributed by atoms with van der Waals surface area (Å²) in [5.74, 6) is -0.119. The highest BCUT2D eigenvalue weighted by Crippen LogP contribution is 2.33. The van der Waals surface area contributed by atoms with Crippen molar-refractivity contribution in [2.75, 3.05) is 13.6 Å². The van der Waals surface area contributed by atoms with Crippen molar-refractivity contribution in [2.24, 2.45) is 0 Å². The van der Waals surface area contributed by atoms with E-state index < -0.39 is 15.6 Å². The van der Waals surface area contributed by atoms with Crippen molar-refractivity contribution in [3.63, 3.8) is 0 Å². The van der Waals surface area contributed by atoms with Crippen molar-refractivity contribution < 1.29 is 13.2 Å². The van der Waals surface area contributed by atoms with E-state index in [1.165, 1.54) is 4.90 Å². The first kappa shape index (κ1) is 24.4. The summed E-state index contributed by atoms with van der Waals surface area (Å²) < 4.78 is 28.9. The Bertz CT molecular complexity index is 1360. The van der Waals surface area contributed by atoms with E-state index in [0.29, 0.717) is 6.42 Å². The second kappa shape index (κ2) is 9.47. The lowest BCUT2D eigenvalue weighted by Gasteiger charge is -2.23. The van der Waals surface area contributed by atoms with Gasteiger partial charge in [0.1, 0.15) is 5.54 Å². The summed E-state index contributed by atoms with van der Waals surface area (Å²) in [4.78, 5) is 14.4. The summed E-state index contributed by atoms with van der Waals surface area (Å²) in [6.07, 6.45) is 0.504. The smallest absolute Gasteiger partial charge is 0.259 e. The Morgan fingerprint density at radius 2 is 1.79 bits per heavy atom. The number of likely N-dealkylation sites (N-methyl/N-ethyl adjacent to an activating group) is 1. The first-order valence-electron chi connectivity index (χ1n) is 10.7. The molecule has 0 radical (unpaired) electrons. The molecule has 0 saturated carbocycles. The van der Waals surface area contributed by atoms with Gasteiger partial charge < -0.3 is 5.32 Å². The molecule has 7 nitrogen and oxygen atoms in total. The molecule has 1 aliphatic heterocycles. The van der Waals surface area contributed by atoms with E-state index in [1.54, 1.807) is 44.3 Å². The Morgan fingerprint density at radius 1 is 1.06 bits per heavy atom. The number of sulfonamides is 1. The topological polar surface area (TPSA) is 102 Å². The zero-order chi connectivity index (χ0) is 24.5. The monoisotopic (exact) mass is 588 g/mol. The molecular weight excluding hydrogens is 563 g/mol. The lowest BCUT2D eigenvalue weighted by atomic mass is 9.88. The molecule has 1 heterocycles. The maximum Gasteiger partial charge on any atom is 0.259 e. The number of benzene rings is 3. The molecule has 34 heavy (non-hydrogen) atoms. The minimum Gasteiger partial charge on any atom is -0.338 e. The fourth-order valence-electron chi connectivity index (χ4n) is 4.04. The molecule has 0 bridgehead atoms. The molecule has 9 heteroatoms. The van der Waals surface area contributed by atoms with Gasteiger partial charge in [0, 0.05) is 17.2 Å². The highest BCUT2D eigenvalue weighted by molar-refractivity contribution is 14.1. The number of nitrogens with one attached hydrogen (secondary N) is 3. The lowest BCUT2D eigenvalue weighted by molar-refractivity contribution is -0.129. The van der Waals surface area contributed by atoms with Gasteiger partial charge in [0.2, 0.25) is 10.0 Å². The maximum absolute atomic E-state index is 12.8. The fraction of sp³-hybridized carbons (Fsp3) is 0.200. The molecule has 0 spiro atoms. The molecule has 3 aromatic carbocycles. The second-order valence-electron chi connectivity index (χ2n) is 8.31. The number of guanidine groups is 1. The van der Waals surface area contributed by atoms with Gasteiger partial charge in [-0.05, 0) is 88.5 Å². The number of carbonyl (C=O) groups excluding carboxylic acids is 1. The maximum atomic E-state index is 12.8. The normalized spacial score (nSPS) is 18.3. The van der Waals surface area contributed by atoms with Gasteiger partial charge >= 0.3 is 0 Å². The van der Waals surface area contributed by atoms with Crippen LogP contribution in [0.3, 0.4) is 0 Å². The minimum atomic E-state index is -3.58. The molecule has 1 aliphatic rings. The molecule has 1 atom stereocenters. The van der Waals surface area contributed by atoms with Gasteiger partial charge in [-0.3, -0.25) is 15.1 Å². The van der Waals surface area contributed by atoms with Crippen LogP contribution in [0.5, 0.6) is 0 Å². The highest BCUT2D eigenvalue weighted by atomic mass is 127. The van der Waals surface area contributed by atoms with Crippen LogP contribution in [-0.2, 0) is 26.8 Å². The number of hydrogen-bond acceptors (Lipinski definition) is 4. The number of hydrogen-bond donors (Lipinski definition) is 3. The van der Waals surface area contributed by atoms with Crippen LogP contribution in [0.15, 0.2) is 77.7 Å². The summed E-state index contributed by atoms with van der Waals surface area (Å²) in [7, 11) is -2.00. The molecule has 1 fully saturated rings. The van der Waals surface area contributed by atoms with E-state index >= 15 is 0 Å². The van der Waals surface area contributed by atoms with Crippen LogP contribution in [0.2, 0.25) is 0 Å². The SMILES string of the molecule is CN1C(=N)NC(C)(c2cccc(-c3cc(I)ccc3CCNS(=O)(=O)c3ccccc3)c2)C1=O. The quantitative estimate of drug-likeness (QED) is 0.367. The van der Waals surface area contributed by atoms with Crippen LogP contribution in [0.1, 0.15) is 18.1 Å². The van der Waals surface area contributed by atoms with Crippen LogP contribution in [0.25, 0.3) is 11.1 Å². The van der Waals surface area contributed by atoms with E-state index in [0.717, 1.165) is 25.8 Å². The average Bonchev–Trinajstić information content (AvgIpc) is 3.04. The molecule has 0 aliphatic carbocycles. The van der Waals surface area contributed by atoms with Crippen molar-refractivity contribution in [3.8, 4) is 11.1 Å². The zero-order valence-electron chi connectivity index (χ0n) is 18.8. The van der Waals surface area contributed by atoms with Crippen molar-refractivity contribution in [3.05, 3.63) is 87.5 Å². The van der Waals surface area contributed by atoms with E-state index in [1.807, 2.05) is 36.4 Å². The highest BCUT2D eigenvalue weighted by Gasteiger charge is 2.45. The van der Waals surface area contributed by atoms with Gasteiger partial charge in [-0.25, -0.2) is 13.1 Å². The van der Waals surface area contributed by atoms with Crippen LogP contribution in [0.4, 0.5) is 0 Å². The first-order chi connectivity index (χ1) is 16.1. The predicted molar refractivity (Wildman–Crippen MR) is 141 cm³/mol. The molecule has 1 unspecified atom stereocenters. The van der Waals surface area contributed by atoms with E-state index in [2.05, 4.69) is 38.7 Å². The summed E-state index contributed by atoms with van der Waals surface area (Å²) in [5, 5.41) is 11.0.